The molecule has 0 aliphatic rings. The van der Waals surface area contributed by atoms with Crippen molar-refractivity contribution < 1.29 is 27.1 Å². The molecule has 0 aromatic heterocycles. The van der Waals surface area contributed by atoms with Gasteiger partial charge in [0, 0.05) is 0 Å². The minimum absolute atomic E-state index is 1.59. The first-order chi connectivity index (χ1) is 4.59. The van der Waals surface area contributed by atoms with Gasteiger partial charge in [0.1, 0.15) is 0 Å². The Morgan fingerprint density at radius 1 is 1.40 bits per heavy atom. The normalized spacial score (nSPS) is 13.3. The lowest BCUT2D eigenvalue weighted by Crippen LogP contribution is -2.25. The monoisotopic (exact) mass is 160 g/mol. The van der Waals surface area contributed by atoms with E-state index in [1.807, 2.05) is 0 Å². The van der Waals surface area contributed by atoms with E-state index >= 15 is 0 Å². The molecule has 0 aromatic carbocycles. The Balaban J connectivity index is 3.71. The van der Waals surface area contributed by atoms with Gasteiger partial charge in [0.2, 0.25) is 6.86 Å². The van der Waals surface area contributed by atoms with E-state index in [0.29, 0.717) is 0 Å². The van der Waals surface area contributed by atoms with Gasteiger partial charge in [-0.25, -0.2) is 22.4 Å². The number of alkyl halides is 4. The van der Waals surface area contributed by atoms with E-state index in [-0.39, 0.29) is 0 Å². The molecule has 60 valence electrons. The van der Waals surface area contributed by atoms with Crippen LogP contribution in [0.3, 0.4) is 0 Å². The molecule has 0 saturated carbocycles. The van der Waals surface area contributed by atoms with Crippen LogP contribution in [-0.4, -0.2) is 25.4 Å². The van der Waals surface area contributed by atoms with Crippen molar-refractivity contribution >= 4 is 5.97 Å². The molecule has 0 unspecified atom stereocenters. The second-order valence-corrected chi connectivity index (χ2v) is 1.31. The zero-order valence-electron chi connectivity index (χ0n) is 4.69. The van der Waals surface area contributed by atoms with Crippen molar-refractivity contribution in [3.8, 4) is 0 Å². The average Bonchev–Trinajstić information content (AvgIpc) is 1.87. The van der Waals surface area contributed by atoms with Gasteiger partial charge in [-0.3, -0.25) is 0 Å². The zero-order valence-corrected chi connectivity index (χ0v) is 4.69. The zero-order chi connectivity index (χ0) is 8.15. The fourth-order valence-corrected chi connectivity index (χ4v) is 0.236. The highest BCUT2D eigenvalue weighted by Crippen LogP contribution is 2.06. The van der Waals surface area contributed by atoms with Gasteiger partial charge in [0.25, 0.3) is 12.6 Å². The van der Waals surface area contributed by atoms with Crippen molar-refractivity contribution in [2.45, 2.75) is 12.6 Å². The number of halogens is 4. The van der Waals surface area contributed by atoms with Gasteiger partial charge in [-0.05, 0) is 0 Å². The maximum absolute atomic E-state index is 11.7. The van der Waals surface area contributed by atoms with Gasteiger partial charge in [0.05, 0.1) is 0 Å². The third-order valence-electron chi connectivity index (χ3n) is 0.643. The van der Waals surface area contributed by atoms with Crippen molar-refractivity contribution in [3.05, 3.63) is 0 Å². The number of esters is 1. The van der Waals surface area contributed by atoms with E-state index in [0.717, 1.165) is 0 Å². The van der Waals surface area contributed by atoms with Gasteiger partial charge < -0.3 is 4.74 Å². The lowest BCUT2D eigenvalue weighted by molar-refractivity contribution is -0.159. The van der Waals surface area contributed by atoms with E-state index in [1.165, 1.54) is 0 Å². The molecule has 0 saturated heterocycles. The molecule has 0 spiro atoms. The molecule has 0 fully saturated rings. The minimum Gasteiger partial charge on any atom is -0.431 e. The van der Waals surface area contributed by atoms with Gasteiger partial charge in [-0.1, -0.05) is 0 Å². The van der Waals surface area contributed by atoms with E-state index in [9.17, 15) is 22.4 Å². The van der Waals surface area contributed by atoms with Gasteiger partial charge in [-0.15, -0.1) is 0 Å². The number of hydrogen-bond acceptors (Lipinski definition) is 2. The molecule has 0 radical (unpaired) electrons. The van der Waals surface area contributed by atoms with Gasteiger partial charge >= 0.3 is 5.97 Å². The second-order valence-electron chi connectivity index (χ2n) is 1.31. The Hall–Kier alpha value is -0.810. The Morgan fingerprint density at radius 3 is 2.20 bits per heavy atom. The van der Waals surface area contributed by atoms with E-state index < -0.39 is 25.4 Å². The predicted molar refractivity (Wildman–Crippen MR) is 23.0 cm³/mol. The maximum Gasteiger partial charge on any atom is 0.349 e. The second kappa shape index (κ2) is 4.08. The molecule has 2 nitrogen and oxygen atoms in total. The first-order valence-electron chi connectivity index (χ1n) is 2.24. The SMILES string of the molecule is O=C(OCF)[C@H](F)C(F)F. The molecule has 0 aromatic rings. The summed E-state index contributed by atoms with van der Waals surface area (Å²) in [7, 11) is 0. The summed E-state index contributed by atoms with van der Waals surface area (Å²) in [5.74, 6) is -1.88. The van der Waals surface area contributed by atoms with Crippen LogP contribution in [0, 0.1) is 0 Å². The lowest BCUT2D eigenvalue weighted by Gasteiger charge is -2.03. The molecule has 0 amide bonds. The van der Waals surface area contributed by atoms with Crippen molar-refractivity contribution in [2.75, 3.05) is 6.86 Å². The van der Waals surface area contributed by atoms with Crippen LogP contribution < -0.4 is 0 Å². The van der Waals surface area contributed by atoms with Gasteiger partial charge in [-0.2, -0.15) is 0 Å². The summed E-state index contributed by atoms with van der Waals surface area (Å²) in [6.07, 6.45) is -6.50. The molecular formula is C4H4F4O2. The Bertz CT molecular complexity index is 116. The predicted octanol–water partition coefficient (Wildman–Crippen LogP) is 1.06. The van der Waals surface area contributed by atoms with Crippen LogP contribution in [0.15, 0.2) is 0 Å². The maximum atomic E-state index is 11.7. The molecule has 10 heavy (non-hydrogen) atoms. The number of carbonyl (C=O) groups excluding carboxylic acids is 1. The van der Waals surface area contributed by atoms with Crippen LogP contribution >= 0.6 is 0 Å². The van der Waals surface area contributed by atoms with Crippen molar-refractivity contribution in [1.29, 1.82) is 0 Å². The summed E-state index contributed by atoms with van der Waals surface area (Å²) in [6.45, 7) is -1.59. The van der Waals surface area contributed by atoms with E-state index in [1.54, 1.807) is 0 Å². The highest BCUT2D eigenvalue weighted by atomic mass is 19.3. The summed E-state index contributed by atoms with van der Waals surface area (Å²) in [5, 5.41) is 0. The third-order valence-corrected chi connectivity index (χ3v) is 0.643. The molecule has 0 heterocycles. The fourth-order valence-electron chi connectivity index (χ4n) is 0.236. The van der Waals surface area contributed by atoms with Crippen molar-refractivity contribution in [1.82, 2.24) is 0 Å². The average molecular weight is 160 g/mol. The summed E-state index contributed by atoms with van der Waals surface area (Å²) in [5.41, 5.74) is 0. The quantitative estimate of drug-likeness (QED) is 0.455. The minimum atomic E-state index is -3.46. The Kier molecular flexibility index (Phi) is 3.75. The number of carbonyl (C=O) groups is 1. The number of hydrogen-bond donors (Lipinski definition) is 0. The summed E-state index contributed by atoms with van der Waals surface area (Å²) >= 11 is 0. The molecule has 0 bridgehead atoms. The van der Waals surface area contributed by atoms with Crippen LogP contribution in [-0.2, 0) is 9.53 Å². The summed E-state index contributed by atoms with van der Waals surface area (Å²) in [6, 6.07) is 0. The summed E-state index contributed by atoms with van der Waals surface area (Å²) < 4.78 is 48.4. The van der Waals surface area contributed by atoms with Crippen LogP contribution in [0.2, 0.25) is 0 Å². The largest absolute Gasteiger partial charge is 0.431 e. The van der Waals surface area contributed by atoms with Crippen LogP contribution in [0.4, 0.5) is 17.6 Å². The molecule has 0 aliphatic carbocycles. The smallest absolute Gasteiger partial charge is 0.349 e. The van der Waals surface area contributed by atoms with Gasteiger partial charge in [0.15, 0.2) is 0 Å². The van der Waals surface area contributed by atoms with Crippen LogP contribution in [0.5, 0.6) is 0 Å². The topological polar surface area (TPSA) is 26.3 Å². The van der Waals surface area contributed by atoms with E-state index in [2.05, 4.69) is 4.74 Å². The Morgan fingerprint density at radius 2 is 1.90 bits per heavy atom. The molecule has 0 N–H and O–H groups in total. The summed E-state index contributed by atoms with van der Waals surface area (Å²) in [4.78, 5) is 9.87. The molecule has 1 atom stereocenters. The number of rotatable bonds is 3. The first kappa shape index (κ1) is 9.19. The molecule has 0 rings (SSSR count). The molecular weight excluding hydrogens is 156 g/mol. The Labute approximate surface area is 53.8 Å². The van der Waals surface area contributed by atoms with Crippen LogP contribution in [0.25, 0.3) is 0 Å². The number of ether oxygens (including phenoxy) is 1. The standard InChI is InChI=1S/C4H4F4O2/c5-1-10-4(9)2(6)3(7)8/h2-3H,1H2/t2-/m1/s1. The first-order valence-corrected chi connectivity index (χ1v) is 2.24. The molecule has 0 aliphatic heterocycles. The van der Waals surface area contributed by atoms with Crippen molar-refractivity contribution in [3.63, 3.8) is 0 Å². The highest BCUT2D eigenvalue weighted by molar-refractivity contribution is 5.74. The lowest BCUT2D eigenvalue weighted by atomic mass is 10.4. The van der Waals surface area contributed by atoms with E-state index in [4.69, 9.17) is 0 Å². The third kappa shape index (κ3) is 2.65. The highest BCUT2D eigenvalue weighted by Gasteiger charge is 2.29. The fraction of sp³-hybridized carbons (Fsp3) is 0.750. The van der Waals surface area contributed by atoms with Crippen molar-refractivity contribution in [2.24, 2.45) is 0 Å². The molecule has 6 heteroatoms. The van der Waals surface area contributed by atoms with Crippen LogP contribution in [0.1, 0.15) is 0 Å².